The van der Waals surface area contributed by atoms with E-state index < -0.39 is 5.54 Å². The molecule has 8 heteroatoms. The zero-order valence-electron chi connectivity index (χ0n) is 18.5. The van der Waals surface area contributed by atoms with E-state index >= 15 is 0 Å². The molecule has 8 nitrogen and oxygen atoms in total. The third-order valence-corrected chi connectivity index (χ3v) is 6.50. The molecule has 1 aliphatic carbocycles. The van der Waals surface area contributed by atoms with Crippen molar-refractivity contribution < 1.29 is 19.1 Å². The molecule has 3 fully saturated rings. The maximum Gasteiger partial charge on any atom is 0.253 e. The van der Waals surface area contributed by atoms with Gasteiger partial charge in [-0.05, 0) is 48.2 Å². The van der Waals surface area contributed by atoms with Gasteiger partial charge in [-0.25, -0.2) is 0 Å². The second-order valence-electron chi connectivity index (χ2n) is 9.14. The van der Waals surface area contributed by atoms with E-state index in [9.17, 15) is 14.4 Å². The van der Waals surface area contributed by atoms with Gasteiger partial charge >= 0.3 is 0 Å². The van der Waals surface area contributed by atoms with Crippen molar-refractivity contribution in [1.82, 2.24) is 15.1 Å². The highest BCUT2D eigenvalue weighted by molar-refractivity contribution is 5.97. The summed E-state index contributed by atoms with van der Waals surface area (Å²) >= 11 is 0. The van der Waals surface area contributed by atoms with Gasteiger partial charge in [0.1, 0.15) is 5.54 Å². The molecule has 33 heavy (non-hydrogen) atoms. The van der Waals surface area contributed by atoms with Crippen LogP contribution in [0, 0.1) is 0 Å². The topological polar surface area (TPSA) is 105 Å². The molecule has 3 aliphatic rings. The van der Waals surface area contributed by atoms with E-state index in [2.05, 4.69) is 5.32 Å². The Hall–Kier alpha value is -3.23. The van der Waals surface area contributed by atoms with Crippen molar-refractivity contribution >= 4 is 17.7 Å². The first-order chi connectivity index (χ1) is 15.9. The summed E-state index contributed by atoms with van der Waals surface area (Å²) in [5.41, 5.74) is 8.26. The van der Waals surface area contributed by atoms with Gasteiger partial charge in [0, 0.05) is 43.3 Å². The van der Waals surface area contributed by atoms with E-state index in [-0.39, 0.29) is 30.9 Å². The van der Waals surface area contributed by atoms with Crippen molar-refractivity contribution in [3.05, 3.63) is 59.7 Å². The summed E-state index contributed by atoms with van der Waals surface area (Å²) in [6.45, 7) is 2.40. The monoisotopic (exact) mass is 448 g/mol. The lowest BCUT2D eigenvalue weighted by Gasteiger charge is -2.43. The molecule has 2 saturated heterocycles. The Morgan fingerprint density at radius 1 is 0.879 bits per heavy atom. The van der Waals surface area contributed by atoms with Crippen molar-refractivity contribution in [3.8, 4) is 11.1 Å². The number of carbonyl (C=O) groups excluding carboxylic acids is 3. The lowest BCUT2D eigenvalue weighted by atomic mass is 9.96. The molecular formula is C25H28N4O4. The molecule has 3 amide bonds. The first kappa shape index (κ1) is 21.6. The lowest BCUT2D eigenvalue weighted by Crippen LogP contribution is -2.68. The molecule has 2 aliphatic heterocycles. The zero-order valence-corrected chi connectivity index (χ0v) is 18.5. The summed E-state index contributed by atoms with van der Waals surface area (Å²) in [4.78, 5) is 41.3. The Labute approximate surface area is 192 Å². The number of hydrogen-bond acceptors (Lipinski definition) is 5. The average Bonchev–Trinajstić information content (AvgIpc) is 3.66. The predicted octanol–water partition coefficient (Wildman–Crippen LogP) is 1.26. The summed E-state index contributed by atoms with van der Waals surface area (Å²) in [5, 5.41) is 3.01. The number of rotatable bonds is 5. The summed E-state index contributed by atoms with van der Waals surface area (Å²) in [5.74, 6) is -0.201. The largest absolute Gasteiger partial charge is 0.376 e. The summed E-state index contributed by atoms with van der Waals surface area (Å²) in [6.07, 6.45) is 2.10. The second kappa shape index (κ2) is 8.61. The molecular weight excluding hydrogens is 420 g/mol. The third kappa shape index (κ3) is 4.49. The van der Waals surface area contributed by atoms with Gasteiger partial charge in [0.25, 0.3) is 11.8 Å². The molecule has 0 bridgehead atoms. The van der Waals surface area contributed by atoms with Crippen molar-refractivity contribution in [2.45, 2.75) is 24.4 Å². The molecule has 1 saturated carbocycles. The molecule has 0 radical (unpaired) electrons. The van der Waals surface area contributed by atoms with Gasteiger partial charge in [-0.15, -0.1) is 0 Å². The van der Waals surface area contributed by atoms with E-state index in [0.29, 0.717) is 43.3 Å². The lowest BCUT2D eigenvalue weighted by molar-refractivity contribution is -0.155. The van der Waals surface area contributed by atoms with Gasteiger partial charge in [-0.3, -0.25) is 14.4 Å². The van der Waals surface area contributed by atoms with Crippen LogP contribution in [-0.2, 0) is 9.53 Å². The molecule has 3 N–H and O–H groups in total. The van der Waals surface area contributed by atoms with Gasteiger partial charge in [0.15, 0.2) is 0 Å². The molecule has 0 unspecified atom stereocenters. The summed E-state index contributed by atoms with van der Waals surface area (Å²) in [6, 6.07) is 15.3. The minimum Gasteiger partial charge on any atom is -0.376 e. The van der Waals surface area contributed by atoms with Crippen molar-refractivity contribution in [2.24, 2.45) is 5.73 Å². The SMILES string of the molecule is NC1(C(=O)N2CCN(C(=O)c3ccc(-c4cccc(C(=O)NC5CC5)c4)cc3)CC2)COC1. The maximum atomic E-state index is 13.0. The summed E-state index contributed by atoms with van der Waals surface area (Å²) < 4.78 is 5.09. The minimum atomic E-state index is -0.905. The predicted molar refractivity (Wildman–Crippen MR) is 123 cm³/mol. The number of nitrogens with zero attached hydrogens (tertiary/aromatic N) is 2. The van der Waals surface area contributed by atoms with Gasteiger partial charge < -0.3 is 25.6 Å². The van der Waals surface area contributed by atoms with Crippen LogP contribution in [0.3, 0.4) is 0 Å². The molecule has 2 aromatic rings. The van der Waals surface area contributed by atoms with E-state index in [1.807, 2.05) is 48.5 Å². The number of benzene rings is 2. The van der Waals surface area contributed by atoms with Crippen molar-refractivity contribution in [3.63, 3.8) is 0 Å². The number of ether oxygens (including phenoxy) is 1. The van der Waals surface area contributed by atoms with Crippen LogP contribution < -0.4 is 11.1 Å². The van der Waals surface area contributed by atoms with E-state index in [0.717, 1.165) is 24.0 Å². The fraction of sp³-hybridized carbons (Fsp3) is 0.400. The van der Waals surface area contributed by atoms with E-state index in [1.165, 1.54) is 0 Å². The van der Waals surface area contributed by atoms with Crippen LogP contribution in [0.5, 0.6) is 0 Å². The Balaban J connectivity index is 1.20. The van der Waals surface area contributed by atoms with Crippen LogP contribution >= 0.6 is 0 Å². The highest BCUT2D eigenvalue weighted by Crippen LogP contribution is 2.24. The van der Waals surface area contributed by atoms with Gasteiger partial charge in [-0.1, -0.05) is 24.3 Å². The standard InChI is InChI=1S/C25H28N4O4/c26-25(15-33-16-25)24(32)29-12-10-28(11-13-29)23(31)18-6-4-17(5-7-18)19-2-1-3-20(14-19)22(30)27-21-8-9-21/h1-7,14,21H,8-13,15-16,26H2,(H,27,30). The molecule has 2 aromatic carbocycles. The molecule has 0 spiro atoms. The molecule has 0 atom stereocenters. The maximum absolute atomic E-state index is 13.0. The fourth-order valence-corrected chi connectivity index (χ4v) is 4.20. The number of hydrogen-bond donors (Lipinski definition) is 2. The molecule has 172 valence electrons. The minimum absolute atomic E-state index is 0.0471. The van der Waals surface area contributed by atoms with E-state index in [1.54, 1.807) is 9.80 Å². The highest BCUT2D eigenvalue weighted by atomic mass is 16.5. The number of nitrogens with two attached hydrogens (primary N) is 1. The third-order valence-electron chi connectivity index (χ3n) is 6.50. The molecule has 0 aromatic heterocycles. The fourth-order valence-electron chi connectivity index (χ4n) is 4.20. The number of piperazine rings is 1. The smallest absolute Gasteiger partial charge is 0.253 e. The normalized spacial score (nSPS) is 19.5. The van der Waals surface area contributed by atoms with E-state index in [4.69, 9.17) is 10.5 Å². The van der Waals surface area contributed by atoms with Crippen LogP contribution in [0.4, 0.5) is 0 Å². The molecule has 5 rings (SSSR count). The van der Waals surface area contributed by atoms with Gasteiger partial charge in [-0.2, -0.15) is 0 Å². The second-order valence-corrected chi connectivity index (χ2v) is 9.14. The Bertz CT molecular complexity index is 1070. The quantitative estimate of drug-likeness (QED) is 0.717. The first-order valence-corrected chi connectivity index (χ1v) is 11.4. The van der Waals surface area contributed by atoms with Gasteiger partial charge in [0.2, 0.25) is 5.91 Å². The van der Waals surface area contributed by atoms with Crippen LogP contribution in [0.2, 0.25) is 0 Å². The Kier molecular flexibility index (Phi) is 5.64. The van der Waals surface area contributed by atoms with Gasteiger partial charge in [0.05, 0.1) is 13.2 Å². The summed E-state index contributed by atoms with van der Waals surface area (Å²) in [7, 11) is 0. The van der Waals surface area contributed by atoms with Crippen LogP contribution in [0.15, 0.2) is 48.5 Å². The van der Waals surface area contributed by atoms with Crippen LogP contribution in [0.1, 0.15) is 33.6 Å². The first-order valence-electron chi connectivity index (χ1n) is 11.4. The van der Waals surface area contributed by atoms with Crippen LogP contribution in [0.25, 0.3) is 11.1 Å². The van der Waals surface area contributed by atoms with Crippen molar-refractivity contribution in [1.29, 1.82) is 0 Å². The number of nitrogens with one attached hydrogen (secondary N) is 1. The highest BCUT2D eigenvalue weighted by Gasteiger charge is 2.45. The Morgan fingerprint density at radius 3 is 2.15 bits per heavy atom. The number of carbonyl (C=O) groups is 3. The van der Waals surface area contributed by atoms with Crippen molar-refractivity contribution in [2.75, 3.05) is 39.4 Å². The van der Waals surface area contributed by atoms with Crippen LogP contribution in [-0.4, -0.2) is 78.5 Å². The Morgan fingerprint density at radius 2 is 1.55 bits per heavy atom. The average molecular weight is 449 g/mol. The molecule has 2 heterocycles. The number of amides is 3. The zero-order chi connectivity index (χ0) is 23.0.